The molecular formula is C13H22N2O2. The highest BCUT2D eigenvalue weighted by Crippen LogP contribution is 2.28. The summed E-state index contributed by atoms with van der Waals surface area (Å²) in [4.78, 5) is 11.9. The number of rotatable bonds is 5. The van der Waals surface area contributed by atoms with Crippen molar-refractivity contribution in [2.24, 2.45) is 5.92 Å². The quantitative estimate of drug-likeness (QED) is 0.847. The number of hydrogen-bond acceptors (Lipinski definition) is 2. The molecule has 1 aromatic heterocycles. The van der Waals surface area contributed by atoms with Crippen molar-refractivity contribution in [2.45, 2.75) is 58.2 Å². The first-order chi connectivity index (χ1) is 8.22. The molecule has 1 aliphatic rings. The lowest BCUT2D eigenvalue weighted by Crippen LogP contribution is -2.25. The van der Waals surface area contributed by atoms with Crippen LogP contribution in [0, 0.1) is 5.92 Å². The van der Waals surface area contributed by atoms with Gasteiger partial charge in [0.1, 0.15) is 0 Å². The van der Waals surface area contributed by atoms with E-state index in [1.54, 1.807) is 9.13 Å². The number of aliphatic hydroxyl groups is 1. The van der Waals surface area contributed by atoms with Gasteiger partial charge in [0, 0.05) is 25.5 Å². The van der Waals surface area contributed by atoms with Crippen LogP contribution in [0.25, 0.3) is 0 Å². The third-order valence-electron chi connectivity index (χ3n) is 3.74. The topological polar surface area (TPSA) is 47.2 Å². The molecule has 0 radical (unpaired) electrons. The van der Waals surface area contributed by atoms with E-state index in [9.17, 15) is 9.90 Å². The Labute approximate surface area is 102 Å². The van der Waals surface area contributed by atoms with Gasteiger partial charge in [0.25, 0.3) is 0 Å². The molecule has 0 aromatic carbocycles. The van der Waals surface area contributed by atoms with E-state index in [1.807, 2.05) is 12.4 Å². The van der Waals surface area contributed by atoms with E-state index in [4.69, 9.17) is 0 Å². The molecule has 96 valence electrons. The highest BCUT2D eigenvalue weighted by atomic mass is 16.3. The van der Waals surface area contributed by atoms with Gasteiger partial charge in [0.2, 0.25) is 0 Å². The summed E-state index contributed by atoms with van der Waals surface area (Å²) < 4.78 is 3.52. The summed E-state index contributed by atoms with van der Waals surface area (Å²) in [5, 5.41) is 9.73. The van der Waals surface area contributed by atoms with Gasteiger partial charge < -0.3 is 5.11 Å². The smallest absolute Gasteiger partial charge is 0.328 e. The predicted octanol–water partition coefficient (Wildman–Crippen LogP) is 1.61. The number of imidazole rings is 1. The van der Waals surface area contributed by atoms with Gasteiger partial charge in [-0.15, -0.1) is 0 Å². The zero-order valence-corrected chi connectivity index (χ0v) is 10.5. The van der Waals surface area contributed by atoms with Gasteiger partial charge in [-0.25, -0.2) is 4.79 Å². The molecule has 0 spiro atoms. The van der Waals surface area contributed by atoms with Crippen molar-refractivity contribution < 1.29 is 5.11 Å². The Morgan fingerprint density at radius 2 is 2.00 bits per heavy atom. The van der Waals surface area contributed by atoms with Gasteiger partial charge in [-0.05, 0) is 31.6 Å². The second kappa shape index (κ2) is 5.54. The molecule has 4 heteroatoms. The van der Waals surface area contributed by atoms with Crippen molar-refractivity contribution in [2.75, 3.05) is 0 Å². The summed E-state index contributed by atoms with van der Waals surface area (Å²) in [6.45, 7) is 3.59. The molecule has 0 saturated heterocycles. The minimum atomic E-state index is -0.150. The highest BCUT2D eigenvalue weighted by Gasteiger charge is 2.24. The van der Waals surface area contributed by atoms with Crippen LogP contribution in [0.1, 0.15) is 39.0 Å². The highest BCUT2D eigenvalue weighted by molar-refractivity contribution is 4.83. The van der Waals surface area contributed by atoms with Crippen LogP contribution in [-0.2, 0) is 13.1 Å². The van der Waals surface area contributed by atoms with Crippen molar-refractivity contribution >= 4 is 0 Å². The lowest BCUT2D eigenvalue weighted by Gasteiger charge is -2.13. The van der Waals surface area contributed by atoms with Crippen molar-refractivity contribution in [3.8, 4) is 0 Å². The fourth-order valence-electron chi connectivity index (χ4n) is 2.69. The van der Waals surface area contributed by atoms with E-state index in [0.717, 1.165) is 45.2 Å². The Morgan fingerprint density at radius 3 is 2.59 bits per heavy atom. The summed E-state index contributed by atoms with van der Waals surface area (Å²) in [6.07, 6.45) is 8.61. The average Bonchev–Trinajstić information content (AvgIpc) is 2.86. The molecule has 0 aliphatic heterocycles. The van der Waals surface area contributed by atoms with E-state index in [0.29, 0.717) is 5.92 Å². The molecule has 2 unspecified atom stereocenters. The maximum absolute atomic E-state index is 11.9. The fraction of sp³-hybridized carbons (Fsp3) is 0.769. The SMILES string of the molecule is CCCn1ccn(CCC2CCCC2O)c1=O. The first-order valence-corrected chi connectivity index (χ1v) is 6.66. The van der Waals surface area contributed by atoms with Gasteiger partial charge in [-0.2, -0.15) is 0 Å². The number of hydrogen-bond donors (Lipinski definition) is 1. The first-order valence-electron chi connectivity index (χ1n) is 6.66. The summed E-state index contributed by atoms with van der Waals surface area (Å²) in [7, 11) is 0. The molecular weight excluding hydrogens is 216 g/mol. The Morgan fingerprint density at radius 1 is 1.29 bits per heavy atom. The molecule has 1 N–H and O–H groups in total. The van der Waals surface area contributed by atoms with Crippen molar-refractivity contribution in [3.05, 3.63) is 22.9 Å². The van der Waals surface area contributed by atoms with Crippen LogP contribution in [0.4, 0.5) is 0 Å². The largest absolute Gasteiger partial charge is 0.393 e. The molecule has 1 saturated carbocycles. The van der Waals surface area contributed by atoms with E-state index in [-0.39, 0.29) is 11.8 Å². The molecule has 1 aromatic rings. The number of nitrogens with zero attached hydrogens (tertiary/aromatic N) is 2. The summed E-state index contributed by atoms with van der Waals surface area (Å²) >= 11 is 0. The second-order valence-corrected chi connectivity index (χ2v) is 5.01. The molecule has 2 rings (SSSR count). The maximum atomic E-state index is 11.9. The Balaban J connectivity index is 1.92. The zero-order chi connectivity index (χ0) is 12.3. The number of aromatic nitrogens is 2. The number of aliphatic hydroxyl groups excluding tert-OH is 1. The van der Waals surface area contributed by atoms with Crippen LogP contribution < -0.4 is 5.69 Å². The van der Waals surface area contributed by atoms with E-state index < -0.39 is 0 Å². The monoisotopic (exact) mass is 238 g/mol. The van der Waals surface area contributed by atoms with E-state index >= 15 is 0 Å². The minimum Gasteiger partial charge on any atom is -0.393 e. The Hall–Kier alpha value is -1.03. The average molecular weight is 238 g/mol. The molecule has 4 nitrogen and oxygen atoms in total. The van der Waals surface area contributed by atoms with E-state index in [2.05, 4.69) is 6.92 Å². The standard InChI is InChI=1S/C13H22N2O2/c1-2-7-14-9-10-15(13(14)17)8-6-11-4-3-5-12(11)16/h9-12,16H,2-8H2,1H3. The van der Waals surface area contributed by atoms with Gasteiger partial charge in [-0.3, -0.25) is 9.13 Å². The predicted molar refractivity (Wildman–Crippen MR) is 66.9 cm³/mol. The van der Waals surface area contributed by atoms with Gasteiger partial charge in [-0.1, -0.05) is 13.3 Å². The molecule has 2 atom stereocenters. The Kier molecular flexibility index (Phi) is 4.05. The summed E-state index contributed by atoms with van der Waals surface area (Å²) in [6, 6.07) is 0. The lowest BCUT2D eigenvalue weighted by atomic mass is 10.0. The van der Waals surface area contributed by atoms with Gasteiger partial charge >= 0.3 is 5.69 Å². The molecule has 1 fully saturated rings. The van der Waals surface area contributed by atoms with Crippen molar-refractivity contribution in [1.82, 2.24) is 9.13 Å². The zero-order valence-electron chi connectivity index (χ0n) is 10.5. The van der Waals surface area contributed by atoms with Crippen LogP contribution in [0.3, 0.4) is 0 Å². The minimum absolute atomic E-state index is 0.0827. The first kappa shape index (κ1) is 12.4. The fourth-order valence-corrected chi connectivity index (χ4v) is 2.69. The molecule has 17 heavy (non-hydrogen) atoms. The number of aryl methyl sites for hydroxylation is 2. The maximum Gasteiger partial charge on any atom is 0.328 e. The van der Waals surface area contributed by atoms with Crippen LogP contribution in [-0.4, -0.2) is 20.3 Å². The van der Waals surface area contributed by atoms with Crippen LogP contribution in [0.2, 0.25) is 0 Å². The normalized spacial score (nSPS) is 24.4. The van der Waals surface area contributed by atoms with Crippen LogP contribution in [0.15, 0.2) is 17.2 Å². The van der Waals surface area contributed by atoms with Crippen molar-refractivity contribution in [3.63, 3.8) is 0 Å². The summed E-state index contributed by atoms with van der Waals surface area (Å²) in [5.74, 6) is 0.386. The molecule has 0 bridgehead atoms. The lowest BCUT2D eigenvalue weighted by molar-refractivity contribution is 0.125. The van der Waals surface area contributed by atoms with E-state index in [1.165, 1.54) is 0 Å². The third-order valence-corrected chi connectivity index (χ3v) is 3.74. The van der Waals surface area contributed by atoms with Gasteiger partial charge in [0.15, 0.2) is 0 Å². The molecule has 1 heterocycles. The van der Waals surface area contributed by atoms with Crippen LogP contribution >= 0.6 is 0 Å². The molecule has 0 amide bonds. The third kappa shape index (κ3) is 2.80. The molecule has 1 aliphatic carbocycles. The second-order valence-electron chi connectivity index (χ2n) is 5.01. The van der Waals surface area contributed by atoms with Crippen molar-refractivity contribution in [1.29, 1.82) is 0 Å². The van der Waals surface area contributed by atoms with Gasteiger partial charge in [0.05, 0.1) is 6.10 Å². The van der Waals surface area contributed by atoms with Crippen LogP contribution in [0.5, 0.6) is 0 Å². The Bertz CT molecular complexity index is 408. The summed E-state index contributed by atoms with van der Waals surface area (Å²) in [5.41, 5.74) is 0.0827.